The van der Waals surface area contributed by atoms with Crippen molar-refractivity contribution in [3.05, 3.63) is 59.7 Å². The number of ether oxygens (including phenoxy) is 2. The number of hydrogen-bond acceptors (Lipinski definition) is 3. The largest absolute Gasteiger partial charge is 0.493 e. The maximum atomic E-state index is 5.47. The Morgan fingerprint density at radius 1 is 1.04 bits per heavy atom. The summed E-state index contributed by atoms with van der Waals surface area (Å²) in [5.41, 5.74) is 2.19. The van der Waals surface area contributed by atoms with E-state index in [1.54, 1.807) is 14.2 Å². The second-order valence-electron chi connectivity index (χ2n) is 5.62. The summed E-state index contributed by atoms with van der Waals surface area (Å²) in [7, 11) is 3.28. The van der Waals surface area contributed by atoms with Crippen LogP contribution in [0.25, 0.3) is 0 Å². The molecule has 0 saturated heterocycles. The van der Waals surface area contributed by atoms with E-state index in [0.717, 1.165) is 23.8 Å². The lowest BCUT2D eigenvalue weighted by Gasteiger charge is -2.18. The Kier molecular flexibility index (Phi) is 7.14. The Morgan fingerprint density at radius 3 is 2.44 bits per heavy atom. The van der Waals surface area contributed by atoms with Gasteiger partial charge < -0.3 is 20.1 Å². The van der Waals surface area contributed by atoms with Gasteiger partial charge in [-0.3, -0.25) is 0 Å². The second kappa shape index (κ2) is 9.57. The van der Waals surface area contributed by atoms with E-state index >= 15 is 0 Å². The molecule has 0 aliphatic rings. The summed E-state index contributed by atoms with van der Waals surface area (Å²) >= 11 is 0. The minimum atomic E-state index is 0.159. The van der Waals surface area contributed by atoms with Crippen molar-refractivity contribution in [2.24, 2.45) is 4.99 Å². The van der Waals surface area contributed by atoms with Crippen LogP contribution in [0, 0.1) is 0 Å². The van der Waals surface area contributed by atoms with Crippen LogP contribution < -0.4 is 20.1 Å². The molecule has 0 fully saturated rings. The first-order valence-corrected chi connectivity index (χ1v) is 8.49. The first kappa shape index (κ1) is 18.6. The van der Waals surface area contributed by atoms with Crippen molar-refractivity contribution in [2.45, 2.75) is 26.4 Å². The maximum absolute atomic E-state index is 5.47. The number of methoxy groups -OCH3 is 2. The van der Waals surface area contributed by atoms with E-state index in [1.807, 2.05) is 36.4 Å². The molecule has 0 spiro atoms. The molecule has 5 nitrogen and oxygen atoms in total. The summed E-state index contributed by atoms with van der Waals surface area (Å²) < 4.78 is 10.8. The van der Waals surface area contributed by atoms with Gasteiger partial charge in [0, 0.05) is 12.1 Å². The van der Waals surface area contributed by atoms with Crippen LogP contribution in [-0.4, -0.2) is 26.7 Å². The first-order valence-electron chi connectivity index (χ1n) is 8.49. The highest BCUT2D eigenvalue weighted by Crippen LogP contribution is 2.31. The second-order valence-corrected chi connectivity index (χ2v) is 5.62. The fourth-order valence-electron chi connectivity index (χ4n) is 2.59. The standard InChI is InChI=1S/C20H27N3O2/c1-5-21-20(23-15(2)16-10-7-6-8-11-16)22-14-17-12-9-13-18(24-3)19(17)25-4/h6-13,15H,5,14H2,1-4H3,(H2,21,22,23). The molecule has 0 heterocycles. The number of benzene rings is 2. The van der Waals surface area contributed by atoms with E-state index in [-0.39, 0.29) is 6.04 Å². The predicted molar refractivity (Wildman–Crippen MR) is 102 cm³/mol. The predicted octanol–water partition coefficient (Wildman–Crippen LogP) is 3.52. The molecule has 2 aromatic rings. The van der Waals surface area contributed by atoms with Gasteiger partial charge in [-0.1, -0.05) is 42.5 Å². The summed E-state index contributed by atoms with van der Waals surface area (Å²) in [6.07, 6.45) is 0. The molecule has 0 saturated carbocycles. The van der Waals surface area contributed by atoms with Gasteiger partial charge in [0.25, 0.3) is 0 Å². The molecule has 0 aliphatic carbocycles. The molecule has 2 aromatic carbocycles. The first-order chi connectivity index (χ1) is 12.2. The van der Waals surface area contributed by atoms with Gasteiger partial charge in [-0.2, -0.15) is 0 Å². The topological polar surface area (TPSA) is 54.9 Å². The van der Waals surface area contributed by atoms with Crippen LogP contribution in [-0.2, 0) is 6.54 Å². The van der Waals surface area contributed by atoms with Crippen LogP contribution in [0.5, 0.6) is 11.5 Å². The van der Waals surface area contributed by atoms with Gasteiger partial charge in [-0.05, 0) is 25.5 Å². The number of guanidine groups is 1. The van der Waals surface area contributed by atoms with Crippen LogP contribution in [0.15, 0.2) is 53.5 Å². The van der Waals surface area contributed by atoms with E-state index in [1.165, 1.54) is 5.56 Å². The molecule has 0 aliphatic heterocycles. The summed E-state index contributed by atoms with van der Waals surface area (Å²) in [5, 5.41) is 6.72. The molecular formula is C20H27N3O2. The van der Waals surface area contributed by atoms with Crippen LogP contribution >= 0.6 is 0 Å². The molecule has 0 bridgehead atoms. The van der Waals surface area contributed by atoms with Crippen molar-refractivity contribution in [3.63, 3.8) is 0 Å². The summed E-state index contributed by atoms with van der Waals surface area (Å²) in [6.45, 7) is 5.46. The molecule has 5 heteroatoms. The zero-order chi connectivity index (χ0) is 18.1. The third-order valence-electron chi connectivity index (χ3n) is 3.89. The minimum Gasteiger partial charge on any atom is -0.493 e. The summed E-state index contributed by atoms with van der Waals surface area (Å²) in [4.78, 5) is 4.69. The smallest absolute Gasteiger partial charge is 0.192 e. The zero-order valence-electron chi connectivity index (χ0n) is 15.4. The summed E-state index contributed by atoms with van der Waals surface area (Å²) in [6, 6.07) is 16.3. The van der Waals surface area contributed by atoms with Gasteiger partial charge in [0.2, 0.25) is 0 Å². The van der Waals surface area contributed by atoms with Crippen LogP contribution in [0.2, 0.25) is 0 Å². The molecule has 1 atom stereocenters. The fourth-order valence-corrected chi connectivity index (χ4v) is 2.59. The van der Waals surface area contributed by atoms with Crippen molar-refractivity contribution in [1.29, 1.82) is 0 Å². The van der Waals surface area contributed by atoms with Gasteiger partial charge in [-0.15, -0.1) is 0 Å². The fraction of sp³-hybridized carbons (Fsp3) is 0.350. The third kappa shape index (κ3) is 5.14. The van der Waals surface area contributed by atoms with E-state index in [9.17, 15) is 0 Å². The minimum absolute atomic E-state index is 0.159. The molecule has 1 unspecified atom stereocenters. The Bertz CT molecular complexity index is 687. The monoisotopic (exact) mass is 341 g/mol. The normalized spacial score (nSPS) is 12.4. The SMILES string of the molecule is CCNC(=NCc1cccc(OC)c1OC)NC(C)c1ccccc1. The number of nitrogens with zero attached hydrogens (tertiary/aromatic N) is 1. The van der Waals surface area contributed by atoms with Crippen LogP contribution in [0.1, 0.15) is 31.0 Å². The Morgan fingerprint density at radius 2 is 1.80 bits per heavy atom. The van der Waals surface area contributed by atoms with E-state index in [0.29, 0.717) is 12.3 Å². The molecule has 0 amide bonds. The quantitative estimate of drug-likeness (QED) is 0.598. The van der Waals surface area contributed by atoms with Crippen LogP contribution in [0.3, 0.4) is 0 Å². The third-order valence-corrected chi connectivity index (χ3v) is 3.89. The van der Waals surface area contributed by atoms with Gasteiger partial charge in [0.05, 0.1) is 26.8 Å². The van der Waals surface area contributed by atoms with Crippen molar-refractivity contribution in [2.75, 3.05) is 20.8 Å². The van der Waals surface area contributed by atoms with Crippen molar-refractivity contribution in [3.8, 4) is 11.5 Å². The number of aliphatic imine (C=N–C) groups is 1. The Labute approximate surface area is 150 Å². The van der Waals surface area contributed by atoms with E-state index in [4.69, 9.17) is 14.5 Å². The lowest BCUT2D eigenvalue weighted by Crippen LogP contribution is -2.38. The van der Waals surface area contributed by atoms with Crippen molar-refractivity contribution < 1.29 is 9.47 Å². The Hall–Kier alpha value is -2.69. The van der Waals surface area contributed by atoms with Gasteiger partial charge >= 0.3 is 0 Å². The average molecular weight is 341 g/mol. The molecule has 2 N–H and O–H groups in total. The Balaban J connectivity index is 2.15. The van der Waals surface area contributed by atoms with Crippen molar-refractivity contribution in [1.82, 2.24) is 10.6 Å². The summed E-state index contributed by atoms with van der Waals surface area (Å²) in [5.74, 6) is 2.20. The molecule has 25 heavy (non-hydrogen) atoms. The van der Waals surface area contributed by atoms with Crippen molar-refractivity contribution >= 4 is 5.96 Å². The molecular weight excluding hydrogens is 314 g/mol. The number of hydrogen-bond donors (Lipinski definition) is 2. The van der Waals surface area contributed by atoms with Gasteiger partial charge in [0.1, 0.15) is 0 Å². The van der Waals surface area contributed by atoms with Crippen LogP contribution in [0.4, 0.5) is 0 Å². The average Bonchev–Trinajstić information content (AvgIpc) is 2.66. The highest BCUT2D eigenvalue weighted by molar-refractivity contribution is 5.80. The lowest BCUT2D eigenvalue weighted by molar-refractivity contribution is 0.352. The molecule has 0 radical (unpaired) electrons. The van der Waals surface area contributed by atoms with E-state index in [2.05, 4.69) is 36.6 Å². The van der Waals surface area contributed by atoms with Gasteiger partial charge in [-0.25, -0.2) is 4.99 Å². The number of rotatable bonds is 7. The molecule has 0 aromatic heterocycles. The maximum Gasteiger partial charge on any atom is 0.192 e. The van der Waals surface area contributed by atoms with E-state index < -0.39 is 0 Å². The number of nitrogens with one attached hydrogen (secondary N) is 2. The van der Waals surface area contributed by atoms with Gasteiger partial charge in [0.15, 0.2) is 17.5 Å². The molecule has 2 rings (SSSR count). The highest BCUT2D eigenvalue weighted by atomic mass is 16.5. The lowest BCUT2D eigenvalue weighted by atomic mass is 10.1. The highest BCUT2D eigenvalue weighted by Gasteiger charge is 2.10. The zero-order valence-corrected chi connectivity index (χ0v) is 15.4. The molecule has 134 valence electrons. The number of para-hydroxylation sites is 1.